The molecule has 0 radical (unpaired) electrons. The highest BCUT2D eigenvalue weighted by Gasteiger charge is 2.07. The highest BCUT2D eigenvalue weighted by Crippen LogP contribution is 2.12. The molecule has 2 aromatic carbocycles. The topological polar surface area (TPSA) is 3.24 Å². The van der Waals surface area contributed by atoms with Crippen molar-refractivity contribution < 1.29 is 4.39 Å². The van der Waals surface area contributed by atoms with Crippen LogP contribution >= 0.6 is 0 Å². The quantitative estimate of drug-likeness (QED) is 0.771. The zero-order valence-electron chi connectivity index (χ0n) is 10.6. The molecule has 2 aromatic rings. The van der Waals surface area contributed by atoms with E-state index in [4.69, 9.17) is 0 Å². The molecule has 0 aromatic heterocycles. The third-order valence-electron chi connectivity index (χ3n) is 3.05. The molecule has 1 nitrogen and oxygen atoms in total. The van der Waals surface area contributed by atoms with Gasteiger partial charge in [0.05, 0.1) is 0 Å². The van der Waals surface area contributed by atoms with Gasteiger partial charge >= 0.3 is 0 Å². The van der Waals surface area contributed by atoms with Crippen molar-refractivity contribution >= 4 is 0 Å². The van der Waals surface area contributed by atoms with Gasteiger partial charge in [-0.25, -0.2) is 4.39 Å². The van der Waals surface area contributed by atoms with Crippen LogP contribution in [0, 0.1) is 5.82 Å². The van der Waals surface area contributed by atoms with Gasteiger partial charge < -0.3 is 0 Å². The average molecular weight is 243 g/mol. The third-order valence-corrected chi connectivity index (χ3v) is 3.05. The molecule has 0 heterocycles. The minimum Gasteiger partial charge on any atom is -0.295 e. The average Bonchev–Trinajstić information content (AvgIpc) is 2.41. The highest BCUT2D eigenvalue weighted by atomic mass is 19.1. The van der Waals surface area contributed by atoms with Gasteiger partial charge in [0.2, 0.25) is 0 Å². The molecule has 94 valence electrons. The van der Waals surface area contributed by atoms with E-state index in [9.17, 15) is 4.39 Å². The van der Waals surface area contributed by atoms with Crippen LogP contribution in [0.25, 0.3) is 0 Å². The predicted octanol–water partition coefficient (Wildman–Crippen LogP) is 3.85. The Kier molecular flexibility index (Phi) is 4.48. The van der Waals surface area contributed by atoms with Crippen molar-refractivity contribution in [3.05, 3.63) is 71.5 Å². The lowest BCUT2D eigenvalue weighted by molar-refractivity contribution is 0.267. The molecular formula is C16H18FN. The van der Waals surface area contributed by atoms with Gasteiger partial charge in [0, 0.05) is 18.7 Å². The Balaban J connectivity index is 2.04. The maximum Gasteiger partial charge on any atom is 0.127 e. The SMILES string of the molecule is CCN(Cc1ccccc1)Cc1ccccc1F. The smallest absolute Gasteiger partial charge is 0.127 e. The first-order valence-electron chi connectivity index (χ1n) is 6.29. The summed E-state index contributed by atoms with van der Waals surface area (Å²) in [5.41, 5.74) is 2.02. The minimum absolute atomic E-state index is 0.121. The van der Waals surface area contributed by atoms with Crippen LogP contribution in [-0.2, 0) is 13.1 Å². The molecule has 2 rings (SSSR count). The van der Waals surface area contributed by atoms with E-state index in [-0.39, 0.29) is 5.82 Å². The molecule has 0 bridgehead atoms. The minimum atomic E-state index is -0.121. The van der Waals surface area contributed by atoms with E-state index < -0.39 is 0 Å². The summed E-state index contributed by atoms with van der Waals surface area (Å²) in [5.74, 6) is -0.121. The van der Waals surface area contributed by atoms with E-state index in [1.54, 1.807) is 6.07 Å². The molecule has 0 fully saturated rings. The standard InChI is InChI=1S/C16H18FN/c1-2-18(12-14-8-4-3-5-9-14)13-15-10-6-7-11-16(15)17/h3-11H,2,12-13H2,1H3. The Morgan fingerprint density at radius 1 is 0.889 bits per heavy atom. The lowest BCUT2D eigenvalue weighted by Gasteiger charge is -2.20. The van der Waals surface area contributed by atoms with E-state index in [1.165, 1.54) is 11.6 Å². The highest BCUT2D eigenvalue weighted by molar-refractivity contribution is 5.18. The van der Waals surface area contributed by atoms with E-state index in [1.807, 2.05) is 30.3 Å². The van der Waals surface area contributed by atoms with Gasteiger partial charge in [-0.3, -0.25) is 4.90 Å². The third kappa shape index (κ3) is 3.41. The van der Waals surface area contributed by atoms with Crippen LogP contribution in [0.15, 0.2) is 54.6 Å². The van der Waals surface area contributed by atoms with E-state index >= 15 is 0 Å². The fourth-order valence-electron chi connectivity index (χ4n) is 1.99. The fraction of sp³-hybridized carbons (Fsp3) is 0.250. The van der Waals surface area contributed by atoms with Gasteiger partial charge in [-0.05, 0) is 18.2 Å². The second-order valence-electron chi connectivity index (χ2n) is 4.38. The summed E-state index contributed by atoms with van der Waals surface area (Å²) < 4.78 is 13.6. The van der Waals surface area contributed by atoms with Crippen LogP contribution in [0.5, 0.6) is 0 Å². The van der Waals surface area contributed by atoms with Gasteiger partial charge in [-0.2, -0.15) is 0 Å². The number of hydrogen-bond acceptors (Lipinski definition) is 1. The molecule has 0 unspecified atom stereocenters. The largest absolute Gasteiger partial charge is 0.295 e. The Bertz CT molecular complexity index is 481. The van der Waals surface area contributed by atoms with Crippen molar-refractivity contribution in [1.82, 2.24) is 4.90 Å². The maximum absolute atomic E-state index is 13.6. The first kappa shape index (κ1) is 12.8. The lowest BCUT2D eigenvalue weighted by Crippen LogP contribution is -2.22. The molecule has 0 saturated heterocycles. The Labute approximate surface area is 108 Å². The summed E-state index contributed by atoms with van der Waals surface area (Å²) in [5, 5.41) is 0. The van der Waals surface area contributed by atoms with Crippen molar-refractivity contribution in [2.45, 2.75) is 20.0 Å². The van der Waals surface area contributed by atoms with Crippen molar-refractivity contribution in [2.24, 2.45) is 0 Å². The van der Waals surface area contributed by atoms with Crippen LogP contribution in [0.3, 0.4) is 0 Å². The van der Waals surface area contributed by atoms with Crippen LogP contribution in [0.4, 0.5) is 4.39 Å². The summed E-state index contributed by atoms with van der Waals surface area (Å²) in [4.78, 5) is 2.23. The van der Waals surface area contributed by atoms with Gasteiger partial charge in [0.1, 0.15) is 5.82 Å². The zero-order valence-corrected chi connectivity index (χ0v) is 10.6. The molecule has 0 aliphatic rings. The molecule has 0 amide bonds. The maximum atomic E-state index is 13.6. The number of halogens is 1. The Hall–Kier alpha value is -1.67. The Morgan fingerprint density at radius 2 is 1.56 bits per heavy atom. The summed E-state index contributed by atoms with van der Waals surface area (Å²) in [6.07, 6.45) is 0. The van der Waals surface area contributed by atoms with E-state index in [2.05, 4.69) is 24.0 Å². The van der Waals surface area contributed by atoms with Crippen molar-refractivity contribution in [1.29, 1.82) is 0 Å². The fourth-order valence-corrected chi connectivity index (χ4v) is 1.99. The molecule has 0 aliphatic heterocycles. The van der Waals surface area contributed by atoms with Crippen molar-refractivity contribution in [3.63, 3.8) is 0 Å². The molecule has 2 heteroatoms. The van der Waals surface area contributed by atoms with Gasteiger partial charge in [-0.15, -0.1) is 0 Å². The molecule has 0 aliphatic carbocycles. The van der Waals surface area contributed by atoms with E-state index in [0.29, 0.717) is 6.54 Å². The van der Waals surface area contributed by atoms with Crippen LogP contribution < -0.4 is 0 Å². The van der Waals surface area contributed by atoms with Gasteiger partial charge in [0.25, 0.3) is 0 Å². The number of nitrogens with zero attached hydrogens (tertiary/aromatic N) is 1. The number of rotatable bonds is 5. The lowest BCUT2D eigenvalue weighted by atomic mass is 10.1. The van der Waals surface area contributed by atoms with Crippen molar-refractivity contribution in [2.75, 3.05) is 6.54 Å². The second-order valence-corrected chi connectivity index (χ2v) is 4.38. The van der Waals surface area contributed by atoms with Gasteiger partial charge in [-0.1, -0.05) is 55.5 Å². The molecular weight excluding hydrogens is 225 g/mol. The van der Waals surface area contributed by atoms with Crippen LogP contribution in [0.2, 0.25) is 0 Å². The van der Waals surface area contributed by atoms with E-state index in [0.717, 1.165) is 18.7 Å². The normalized spacial score (nSPS) is 10.8. The predicted molar refractivity (Wildman–Crippen MR) is 72.6 cm³/mol. The zero-order chi connectivity index (χ0) is 12.8. The second kappa shape index (κ2) is 6.31. The molecule has 18 heavy (non-hydrogen) atoms. The summed E-state index contributed by atoms with van der Waals surface area (Å²) in [6, 6.07) is 17.3. The summed E-state index contributed by atoms with van der Waals surface area (Å²) in [7, 11) is 0. The molecule has 0 spiro atoms. The molecule has 0 N–H and O–H groups in total. The first-order valence-corrected chi connectivity index (χ1v) is 6.29. The van der Waals surface area contributed by atoms with Crippen LogP contribution in [0.1, 0.15) is 18.1 Å². The first-order chi connectivity index (χ1) is 8.79. The van der Waals surface area contributed by atoms with Crippen LogP contribution in [-0.4, -0.2) is 11.4 Å². The summed E-state index contributed by atoms with van der Waals surface area (Å²) >= 11 is 0. The summed E-state index contributed by atoms with van der Waals surface area (Å²) in [6.45, 7) is 4.51. The molecule has 0 atom stereocenters. The van der Waals surface area contributed by atoms with Gasteiger partial charge in [0.15, 0.2) is 0 Å². The number of benzene rings is 2. The Morgan fingerprint density at radius 3 is 2.22 bits per heavy atom. The number of hydrogen-bond donors (Lipinski definition) is 0. The molecule has 0 saturated carbocycles. The monoisotopic (exact) mass is 243 g/mol. The van der Waals surface area contributed by atoms with Crippen molar-refractivity contribution in [3.8, 4) is 0 Å².